The lowest BCUT2D eigenvalue weighted by Crippen LogP contribution is -2.53. The van der Waals surface area contributed by atoms with Crippen LogP contribution in [-0.2, 0) is 21.3 Å². The molecule has 0 spiro atoms. The van der Waals surface area contributed by atoms with E-state index < -0.39 is 10.0 Å². The van der Waals surface area contributed by atoms with E-state index in [0.29, 0.717) is 19.8 Å². The molecule has 23 heavy (non-hydrogen) atoms. The summed E-state index contributed by atoms with van der Waals surface area (Å²) in [6.45, 7) is 8.39. The van der Waals surface area contributed by atoms with Crippen LogP contribution in [0.3, 0.4) is 0 Å². The lowest BCUT2D eigenvalue weighted by atomic mass is 9.93. The molecular formula is C16H26N2O3S2. The number of thiophene rings is 1. The minimum atomic E-state index is -3.15. The van der Waals surface area contributed by atoms with E-state index in [1.165, 1.54) is 10.4 Å². The van der Waals surface area contributed by atoms with Crippen molar-refractivity contribution in [1.82, 2.24) is 9.21 Å². The molecule has 0 amide bonds. The zero-order chi connectivity index (χ0) is 16.4. The maximum Gasteiger partial charge on any atom is 0.214 e. The van der Waals surface area contributed by atoms with Gasteiger partial charge in [0.25, 0.3) is 0 Å². The molecule has 2 aliphatic heterocycles. The highest BCUT2D eigenvalue weighted by atomic mass is 32.2. The average Bonchev–Trinajstić information content (AvgIpc) is 2.81. The number of hydrogen-bond acceptors (Lipinski definition) is 5. The van der Waals surface area contributed by atoms with Crippen molar-refractivity contribution in [2.75, 3.05) is 38.6 Å². The molecule has 3 rings (SSSR count). The van der Waals surface area contributed by atoms with Crippen LogP contribution in [0, 0.1) is 12.8 Å². The summed E-state index contributed by atoms with van der Waals surface area (Å²) in [5.74, 6) is 0.446. The summed E-state index contributed by atoms with van der Waals surface area (Å²) in [7, 11) is -3.15. The monoisotopic (exact) mass is 358 g/mol. The minimum absolute atomic E-state index is 0.100. The summed E-state index contributed by atoms with van der Waals surface area (Å²) in [5.41, 5.74) is 1.35. The molecular weight excluding hydrogens is 332 g/mol. The molecule has 2 aliphatic rings. The maximum atomic E-state index is 12.4. The minimum Gasteiger partial charge on any atom is -0.380 e. The van der Waals surface area contributed by atoms with E-state index in [1.807, 2.05) is 0 Å². The Labute approximate surface area is 143 Å². The van der Waals surface area contributed by atoms with Crippen LogP contribution >= 0.6 is 11.3 Å². The van der Waals surface area contributed by atoms with E-state index in [1.54, 1.807) is 22.6 Å². The summed E-state index contributed by atoms with van der Waals surface area (Å²) in [5, 5.41) is 2.14. The fraction of sp³-hybridized carbons (Fsp3) is 0.750. The van der Waals surface area contributed by atoms with Gasteiger partial charge in [-0.15, -0.1) is 11.3 Å². The third-order valence-corrected chi connectivity index (χ3v) is 7.90. The van der Waals surface area contributed by atoms with Crippen molar-refractivity contribution in [3.63, 3.8) is 0 Å². The van der Waals surface area contributed by atoms with Crippen molar-refractivity contribution in [3.8, 4) is 0 Å². The molecule has 0 aliphatic carbocycles. The van der Waals surface area contributed by atoms with Crippen molar-refractivity contribution in [1.29, 1.82) is 0 Å². The van der Waals surface area contributed by atoms with E-state index >= 15 is 0 Å². The Morgan fingerprint density at radius 1 is 1.39 bits per heavy atom. The molecule has 1 aromatic rings. The predicted molar refractivity (Wildman–Crippen MR) is 93.2 cm³/mol. The first kappa shape index (κ1) is 17.4. The molecule has 5 nitrogen and oxygen atoms in total. The van der Waals surface area contributed by atoms with Gasteiger partial charge in [0, 0.05) is 43.0 Å². The fourth-order valence-electron chi connectivity index (χ4n) is 3.62. The van der Waals surface area contributed by atoms with Crippen LogP contribution in [0.1, 0.15) is 23.8 Å². The van der Waals surface area contributed by atoms with Gasteiger partial charge in [-0.3, -0.25) is 4.90 Å². The van der Waals surface area contributed by atoms with Gasteiger partial charge in [0.2, 0.25) is 10.0 Å². The zero-order valence-electron chi connectivity index (χ0n) is 13.9. The second-order valence-electron chi connectivity index (χ2n) is 6.46. The van der Waals surface area contributed by atoms with Gasteiger partial charge in [0.05, 0.1) is 19.0 Å². The molecule has 0 saturated carbocycles. The van der Waals surface area contributed by atoms with Crippen LogP contribution in [0.15, 0.2) is 11.4 Å². The van der Waals surface area contributed by atoms with Gasteiger partial charge in [-0.05, 0) is 37.3 Å². The van der Waals surface area contributed by atoms with Crippen LogP contribution < -0.4 is 0 Å². The van der Waals surface area contributed by atoms with E-state index in [2.05, 4.69) is 23.3 Å². The molecule has 130 valence electrons. The van der Waals surface area contributed by atoms with Crippen LogP contribution in [0.5, 0.6) is 0 Å². The normalized spacial score (nSPS) is 27.6. The molecule has 2 atom stereocenters. The second-order valence-corrected chi connectivity index (χ2v) is 9.68. The van der Waals surface area contributed by atoms with Crippen molar-refractivity contribution in [2.45, 2.75) is 32.9 Å². The summed E-state index contributed by atoms with van der Waals surface area (Å²) < 4.78 is 32.2. The van der Waals surface area contributed by atoms with Crippen molar-refractivity contribution < 1.29 is 13.2 Å². The summed E-state index contributed by atoms with van der Waals surface area (Å²) in [4.78, 5) is 3.86. The zero-order valence-corrected chi connectivity index (χ0v) is 15.5. The first-order valence-corrected chi connectivity index (χ1v) is 10.8. The van der Waals surface area contributed by atoms with E-state index in [9.17, 15) is 8.42 Å². The average molecular weight is 359 g/mol. The quantitative estimate of drug-likeness (QED) is 0.825. The predicted octanol–water partition coefficient (Wildman–Crippen LogP) is 1.93. The highest BCUT2D eigenvalue weighted by molar-refractivity contribution is 7.89. The second kappa shape index (κ2) is 7.19. The molecule has 7 heteroatoms. The molecule has 1 aromatic heterocycles. The first-order chi connectivity index (χ1) is 11.0. The van der Waals surface area contributed by atoms with Crippen LogP contribution in [0.2, 0.25) is 0 Å². The fourth-order valence-corrected chi connectivity index (χ4v) is 5.94. The van der Waals surface area contributed by atoms with Gasteiger partial charge in [0.1, 0.15) is 0 Å². The Morgan fingerprint density at radius 2 is 2.22 bits per heavy atom. The third kappa shape index (κ3) is 3.79. The number of fused-ring (bicyclic) bond motifs is 1. The molecule has 0 aromatic carbocycles. The van der Waals surface area contributed by atoms with E-state index in [0.717, 1.165) is 26.1 Å². The Kier molecular flexibility index (Phi) is 5.42. The highest BCUT2D eigenvalue weighted by Crippen LogP contribution is 2.29. The lowest BCUT2D eigenvalue weighted by Gasteiger charge is -2.41. The van der Waals surface area contributed by atoms with Gasteiger partial charge in [-0.2, -0.15) is 4.31 Å². The molecule has 2 fully saturated rings. The third-order valence-electron chi connectivity index (χ3n) is 4.99. The Bertz CT molecular complexity index is 629. The maximum absolute atomic E-state index is 12.4. The van der Waals surface area contributed by atoms with Crippen LogP contribution in [-0.4, -0.2) is 62.3 Å². The van der Waals surface area contributed by atoms with E-state index in [-0.39, 0.29) is 17.7 Å². The lowest BCUT2D eigenvalue weighted by molar-refractivity contribution is 0.0616. The summed E-state index contributed by atoms with van der Waals surface area (Å²) >= 11 is 1.81. The van der Waals surface area contributed by atoms with Crippen LogP contribution in [0.4, 0.5) is 0 Å². The number of ether oxygens (including phenoxy) is 1. The van der Waals surface area contributed by atoms with Gasteiger partial charge in [-0.1, -0.05) is 0 Å². The number of likely N-dealkylation sites (tertiary alicyclic amines) is 1. The van der Waals surface area contributed by atoms with Gasteiger partial charge in [-0.25, -0.2) is 8.42 Å². The molecule has 0 N–H and O–H groups in total. The standard InChI is InChI=1S/C16H26N2O3S2/c1-3-23(19,20)18-7-8-21-12-14-10-17(6-4-15(14)18)11-16-13(2)5-9-22-16/h5,9,14-15H,3-4,6-8,10-12H2,1-2H3/t14-,15-/m1/s1. The smallest absolute Gasteiger partial charge is 0.214 e. The SMILES string of the molecule is CCS(=O)(=O)N1CCOC[C@H]2CN(Cc3sccc3C)CC[C@H]21. The largest absolute Gasteiger partial charge is 0.380 e. The topological polar surface area (TPSA) is 49.9 Å². The molecule has 0 radical (unpaired) electrons. The first-order valence-electron chi connectivity index (χ1n) is 8.34. The molecule has 2 saturated heterocycles. The van der Waals surface area contributed by atoms with Crippen LogP contribution in [0.25, 0.3) is 0 Å². The van der Waals surface area contributed by atoms with Gasteiger partial charge in [0.15, 0.2) is 0 Å². The van der Waals surface area contributed by atoms with Crippen molar-refractivity contribution in [3.05, 3.63) is 21.9 Å². The number of piperidine rings is 1. The number of rotatable bonds is 4. The summed E-state index contributed by atoms with van der Waals surface area (Å²) in [6, 6.07) is 2.26. The Morgan fingerprint density at radius 3 is 2.91 bits per heavy atom. The Balaban J connectivity index is 1.71. The molecule has 0 unspecified atom stereocenters. The number of aryl methyl sites for hydroxylation is 1. The van der Waals surface area contributed by atoms with Crippen molar-refractivity contribution in [2.24, 2.45) is 5.92 Å². The highest BCUT2D eigenvalue weighted by Gasteiger charge is 2.39. The molecule has 0 bridgehead atoms. The van der Waals surface area contributed by atoms with Crippen molar-refractivity contribution >= 4 is 21.4 Å². The van der Waals surface area contributed by atoms with Gasteiger partial charge >= 0.3 is 0 Å². The van der Waals surface area contributed by atoms with E-state index in [4.69, 9.17) is 4.74 Å². The molecule has 3 heterocycles. The number of sulfonamides is 1. The number of hydrogen-bond donors (Lipinski definition) is 0. The van der Waals surface area contributed by atoms with Gasteiger partial charge < -0.3 is 4.74 Å². The Hall–Kier alpha value is -0.470. The number of nitrogens with zero attached hydrogens (tertiary/aromatic N) is 2. The summed E-state index contributed by atoms with van der Waals surface area (Å²) in [6.07, 6.45) is 0.900.